The molecule has 1 aromatic heterocycles. The predicted molar refractivity (Wildman–Crippen MR) is 107 cm³/mol. The molecule has 1 fully saturated rings. The van der Waals surface area contributed by atoms with Gasteiger partial charge >= 0.3 is 0 Å². The normalized spacial score (nSPS) is 13.2. The molecular formula is C21H18FN3O2S. The Labute approximate surface area is 165 Å². The number of aromatic nitrogens is 1. The molecule has 4 rings (SSSR count). The maximum atomic E-state index is 13.4. The third-order valence-electron chi connectivity index (χ3n) is 4.29. The molecule has 7 heteroatoms. The third kappa shape index (κ3) is 4.61. The van der Waals surface area contributed by atoms with Gasteiger partial charge in [-0.1, -0.05) is 18.2 Å². The fourth-order valence-electron chi connectivity index (χ4n) is 2.75. The second-order valence-corrected chi connectivity index (χ2v) is 7.57. The lowest BCUT2D eigenvalue weighted by atomic mass is 10.2. The molecule has 1 aliphatic rings. The number of nitrogens with one attached hydrogen (secondary N) is 2. The maximum absolute atomic E-state index is 13.4. The van der Waals surface area contributed by atoms with Crippen LogP contribution in [0.25, 0.3) is 10.6 Å². The summed E-state index contributed by atoms with van der Waals surface area (Å²) in [5, 5.41) is 8.18. The Morgan fingerprint density at radius 1 is 1.14 bits per heavy atom. The van der Waals surface area contributed by atoms with Gasteiger partial charge in [0.25, 0.3) is 5.91 Å². The lowest BCUT2D eigenvalue weighted by molar-refractivity contribution is -0.115. The zero-order chi connectivity index (χ0) is 19.5. The molecule has 0 atom stereocenters. The Hall–Kier alpha value is -3.06. The fraction of sp³-hybridized carbons (Fsp3) is 0.190. The van der Waals surface area contributed by atoms with Gasteiger partial charge < -0.3 is 10.6 Å². The van der Waals surface area contributed by atoms with Crippen LogP contribution in [-0.4, -0.2) is 22.8 Å². The molecule has 5 nitrogen and oxygen atoms in total. The molecule has 1 heterocycles. The standard InChI is InChI=1S/C21H18FN3O2S/c22-15-5-1-4-14(9-15)21-25-18(12-28-21)11-19(26)23-17-6-2-3-13(10-17)20(27)24-16-7-8-16/h1-6,9-10,12,16H,7-8,11H2,(H,23,26)(H,24,27). The van der Waals surface area contributed by atoms with Crippen molar-refractivity contribution >= 4 is 28.8 Å². The summed E-state index contributed by atoms with van der Waals surface area (Å²) in [5.74, 6) is -0.675. The predicted octanol–water partition coefficient (Wildman–Crippen LogP) is 4.02. The third-order valence-corrected chi connectivity index (χ3v) is 5.23. The monoisotopic (exact) mass is 395 g/mol. The van der Waals surface area contributed by atoms with Crippen molar-refractivity contribution in [3.8, 4) is 10.6 Å². The van der Waals surface area contributed by atoms with Gasteiger partial charge in [-0.2, -0.15) is 0 Å². The van der Waals surface area contributed by atoms with E-state index in [0.717, 1.165) is 12.8 Å². The van der Waals surface area contributed by atoms with Crippen molar-refractivity contribution in [3.05, 3.63) is 71.0 Å². The quantitative estimate of drug-likeness (QED) is 0.662. The molecule has 0 spiro atoms. The minimum absolute atomic E-state index is 0.102. The number of thiazole rings is 1. The number of amides is 2. The average Bonchev–Trinajstić information content (AvgIpc) is 3.37. The van der Waals surface area contributed by atoms with Gasteiger partial charge in [-0.3, -0.25) is 9.59 Å². The Morgan fingerprint density at radius 3 is 2.75 bits per heavy atom. The van der Waals surface area contributed by atoms with Gasteiger partial charge in [0.15, 0.2) is 0 Å². The molecule has 1 saturated carbocycles. The summed E-state index contributed by atoms with van der Waals surface area (Å²) in [6.07, 6.45) is 2.14. The SMILES string of the molecule is O=C(Cc1csc(-c2cccc(F)c2)n1)Nc1cccc(C(=O)NC2CC2)c1. The molecule has 0 aliphatic heterocycles. The van der Waals surface area contributed by atoms with Gasteiger partial charge in [0.2, 0.25) is 5.91 Å². The molecule has 28 heavy (non-hydrogen) atoms. The lowest BCUT2D eigenvalue weighted by Gasteiger charge is -2.07. The van der Waals surface area contributed by atoms with E-state index in [4.69, 9.17) is 0 Å². The van der Waals surface area contributed by atoms with Crippen molar-refractivity contribution in [2.45, 2.75) is 25.3 Å². The molecule has 2 N–H and O–H groups in total. The van der Waals surface area contributed by atoms with Crippen LogP contribution in [0.2, 0.25) is 0 Å². The number of carbonyl (C=O) groups is 2. The van der Waals surface area contributed by atoms with Crippen LogP contribution in [0.1, 0.15) is 28.9 Å². The second kappa shape index (κ2) is 7.90. The highest BCUT2D eigenvalue weighted by atomic mass is 32.1. The molecule has 3 aromatic rings. The highest BCUT2D eigenvalue weighted by molar-refractivity contribution is 7.13. The summed E-state index contributed by atoms with van der Waals surface area (Å²) in [5.41, 5.74) is 2.39. The van der Waals surface area contributed by atoms with E-state index in [1.54, 1.807) is 41.8 Å². The first-order valence-electron chi connectivity index (χ1n) is 8.98. The van der Waals surface area contributed by atoms with Crippen molar-refractivity contribution in [3.63, 3.8) is 0 Å². The van der Waals surface area contributed by atoms with E-state index >= 15 is 0 Å². The van der Waals surface area contributed by atoms with E-state index in [0.29, 0.717) is 27.5 Å². The molecular weight excluding hydrogens is 377 g/mol. The number of halogens is 1. The zero-order valence-corrected chi connectivity index (χ0v) is 15.8. The van der Waals surface area contributed by atoms with Crippen LogP contribution in [0.3, 0.4) is 0 Å². The maximum Gasteiger partial charge on any atom is 0.251 e. The van der Waals surface area contributed by atoms with Gasteiger partial charge in [-0.15, -0.1) is 11.3 Å². The smallest absolute Gasteiger partial charge is 0.251 e. The van der Waals surface area contributed by atoms with Crippen molar-refractivity contribution in [1.29, 1.82) is 0 Å². The first kappa shape index (κ1) is 18.3. The molecule has 0 unspecified atom stereocenters. The average molecular weight is 395 g/mol. The van der Waals surface area contributed by atoms with Crippen LogP contribution in [0.15, 0.2) is 53.9 Å². The zero-order valence-electron chi connectivity index (χ0n) is 14.9. The van der Waals surface area contributed by atoms with Crippen LogP contribution in [0.5, 0.6) is 0 Å². The summed E-state index contributed by atoms with van der Waals surface area (Å²) in [6, 6.07) is 13.4. The fourth-order valence-corrected chi connectivity index (χ4v) is 3.56. The van der Waals surface area contributed by atoms with Crippen LogP contribution in [0.4, 0.5) is 10.1 Å². The van der Waals surface area contributed by atoms with Crippen molar-refractivity contribution in [2.75, 3.05) is 5.32 Å². The van der Waals surface area contributed by atoms with E-state index in [1.165, 1.54) is 23.5 Å². The summed E-state index contributed by atoms with van der Waals surface area (Å²) in [6.45, 7) is 0. The van der Waals surface area contributed by atoms with Gasteiger partial charge in [0, 0.05) is 28.2 Å². The highest BCUT2D eigenvalue weighted by Gasteiger charge is 2.23. The second-order valence-electron chi connectivity index (χ2n) is 6.71. The van der Waals surface area contributed by atoms with E-state index in [-0.39, 0.29) is 30.1 Å². The summed E-state index contributed by atoms with van der Waals surface area (Å²) in [7, 11) is 0. The van der Waals surface area contributed by atoms with E-state index in [9.17, 15) is 14.0 Å². The molecule has 2 amide bonds. The van der Waals surface area contributed by atoms with Gasteiger partial charge in [-0.05, 0) is 43.2 Å². The van der Waals surface area contributed by atoms with Crippen LogP contribution in [-0.2, 0) is 11.2 Å². The number of hydrogen-bond acceptors (Lipinski definition) is 4. The van der Waals surface area contributed by atoms with Gasteiger partial charge in [0.1, 0.15) is 10.8 Å². The van der Waals surface area contributed by atoms with Crippen LogP contribution >= 0.6 is 11.3 Å². The van der Waals surface area contributed by atoms with Crippen molar-refractivity contribution in [2.24, 2.45) is 0 Å². The summed E-state index contributed by atoms with van der Waals surface area (Å²) >= 11 is 1.37. The number of benzene rings is 2. The van der Waals surface area contributed by atoms with Crippen LogP contribution in [0, 0.1) is 5.82 Å². The number of nitrogens with zero attached hydrogens (tertiary/aromatic N) is 1. The highest BCUT2D eigenvalue weighted by Crippen LogP contribution is 2.24. The topological polar surface area (TPSA) is 71.1 Å². The molecule has 0 radical (unpaired) electrons. The summed E-state index contributed by atoms with van der Waals surface area (Å²) < 4.78 is 13.4. The van der Waals surface area contributed by atoms with Crippen molar-refractivity contribution < 1.29 is 14.0 Å². The lowest BCUT2D eigenvalue weighted by Crippen LogP contribution is -2.25. The van der Waals surface area contributed by atoms with E-state index < -0.39 is 0 Å². The Kier molecular flexibility index (Phi) is 5.16. The van der Waals surface area contributed by atoms with Crippen LogP contribution < -0.4 is 10.6 Å². The molecule has 0 bridgehead atoms. The molecule has 2 aromatic carbocycles. The summed E-state index contributed by atoms with van der Waals surface area (Å²) in [4.78, 5) is 28.9. The van der Waals surface area contributed by atoms with E-state index in [1.807, 2.05) is 0 Å². The molecule has 142 valence electrons. The Balaban J connectivity index is 1.39. The largest absolute Gasteiger partial charge is 0.349 e. The first-order valence-corrected chi connectivity index (χ1v) is 9.86. The molecule has 1 aliphatic carbocycles. The first-order chi connectivity index (χ1) is 13.6. The van der Waals surface area contributed by atoms with Gasteiger partial charge in [-0.25, -0.2) is 9.37 Å². The number of rotatable bonds is 6. The number of carbonyl (C=O) groups excluding carboxylic acids is 2. The minimum Gasteiger partial charge on any atom is -0.349 e. The number of hydrogen-bond donors (Lipinski definition) is 2. The Morgan fingerprint density at radius 2 is 1.96 bits per heavy atom. The van der Waals surface area contributed by atoms with E-state index in [2.05, 4.69) is 15.6 Å². The molecule has 0 saturated heterocycles. The van der Waals surface area contributed by atoms with Gasteiger partial charge in [0.05, 0.1) is 12.1 Å². The number of anilines is 1. The minimum atomic E-state index is -0.322. The Bertz CT molecular complexity index is 1030. The van der Waals surface area contributed by atoms with Crippen molar-refractivity contribution in [1.82, 2.24) is 10.3 Å².